The maximum Gasteiger partial charge on any atom is 2.00 e. The predicted octanol–water partition coefficient (Wildman–Crippen LogP) is 18.9. The summed E-state index contributed by atoms with van der Waals surface area (Å²) in [6.07, 6.45) is 67.5. The number of unbranched alkanes of at least 4 members (excludes halogenated alkanes) is 40. The molecule has 0 N–H and O–H groups in total. The van der Waals surface area contributed by atoms with Gasteiger partial charge in [-0.1, -0.05) is 309 Å². The Hall–Kier alpha value is 0.480. The van der Waals surface area contributed by atoms with Crippen molar-refractivity contribution in [1.82, 2.24) is 0 Å². The first kappa shape index (κ1) is 73.7. The molecular weight excluding hydrogens is 929 g/mol. The molecule has 69 heavy (non-hydrogen) atoms. The maximum atomic E-state index is 10.8. The van der Waals surface area contributed by atoms with Crippen molar-refractivity contribution < 1.29 is 34.3 Å². The molecule has 0 aliphatic carbocycles. The van der Waals surface area contributed by atoms with E-state index >= 15 is 0 Å². The molecule has 0 aliphatic heterocycles. The Bertz CT molecular complexity index is 1160. The molecule has 8 nitrogen and oxygen atoms in total. The second-order valence-corrected chi connectivity index (χ2v) is 22.5. The average Bonchev–Trinajstić information content (AvgIpc) is 3.30. The molecule has 0 aromatic carbocycles. The second kappa shape index (κ2) is 59.4. The normalized spacial score (nSPS) is 13.0. The van der Waals surface area contributed by atoms with E-state index in [0.29, 0.717) is 0 Å². The topological polar surface area (TPSA) is 133 Å². The van der Waals surface area contributed by atoms with Gasteiger partial charge in [-0.2, -0.15) is 0 Å². The van der Waals surface area contributed by atoms with E-state index in [0.717, 1.165) is 38.5 Å². The van der Waals surface area contributed by atoms with Crippen LogP contribution in [-0.2, 0) is 29.2 Å². The molecule has 0 radical (unpaired) electrons. The standard InChI is InChI=1S/2C29H58O4S.Ca/c2*1-3-5-7-9-11-13-14-15-16-17-18-19-21-23-25-27-29(28-33-34(30,31)32)26-24-22-20-12-10-8-6-4-2;/h2*25,27,29H,3-24,26,28H2,1-2H3,(H,30,31,32);/q;;+2/p-2/b2*27-25+;. The number of hydrogen-bond donors (Lipinski definition) is 0. The van der Waals surface area contributed by atoms with Gasteiger partial charge in [0, 0.05) is 11.8 Å². The molecule has 2 atom stereocenters. The Kier molecular flexibility index (Phi) is 63.4. The first-order chi connectivity index (χ1) is 33.0. The Morgan fingerprint density at radius 1 is 0.319 bits per heavy atom. The summed E-state index contributed by atoms with van der Waals surface area (Å²) in [6, 6.07) is 0. The van der Waals surface area contributed by atoms with Gasteiger partial charge in [0.2, 0.25) is 20.8 Å². The van der Waals surface area contributed by atoms with Gasteiger partial charge in [-0.15, -0.1) is 0 Å². The van der Waals surface area contributed by atoms with Crippen LogP contribution in [0.3, 0.4) is 0 Å². The van der Waals surface area contributed by atoms with Crippen LogP contribution < -0.4 is 0 Å². The average molecular weight is 1040 g/mol. The van der Waals surface area contributed by atoms with Gasteiger partial charge in [-0.05, 0) is 38.5 Å². The van der Waals surface area contributed by atoms with E-state index in [-0.39, 0.29) is 62.8 Å². The van der Waals surface area contributed by atoms with Crippen molar-refractivity contribution >= 4 is 58.5 Å². The quantitative estimate of drug-likeness (QED) is 0.0193. The predicted molar refractivity (Wildman–Crippen MR) is 297 cm³/mol. The second-order valence-electron chi connectivity index (χ2n) is 20.4. The van der Waals surface area contributed by atoms with E-state index in [1.54, 1.807) is 0 Å². The minimum atomic E-state index is -4.61. The first-order valence-electron chi connectivity index (χ1n) is 29.5. The third-order valence-corrected chi connectivity index (χ3v) is 14.3. The summed E-state index contributed by atoms with van der Waals surface area (Å²) >= 11 is 0. The van der Waals surface area contributed by atoms with Crippen molar-refractivity contribution in [2.24, 2.45) is 11.8 Å². The van der Waals surface area contributed by atoms with Crippen molar-refractivity contribution in [2.45, 2.75) is 323 Å². The van der Waals surface area contributed by atoms with Crippen LogP contribution in [0, 0.1) is 11.8 Å². The van der Waals surface area contributed by atoms with Crippen LogP contribution in [0.4, 0.5) is 0 Å². The molecule has 0 bridgehead atoms. The Labute approximate surface area is 461 Å². The van der Waals surface area contributed by atoms with E-state index in [9.17, 15) is 25.9 Å². The molecule has 0 saturated heterocycles. The molecule has 0 aromatic heterocycles. The van der Waals surface area contributed by atoms with Crippen LogP contribution in [-0.4, -0.2) is 76.9 Å². The zero-order chi connectivity index (χ0) is 50.3. The zero-order valence-electron chi connectivity index (χ0n) is 46.2. The van der Waals surface area contributed by atoms with Gasteiger partial charge in [0.05, 0.1) is 13.2 Å². The molecule has 11 heteroatoms. The van der Waals surface area contributed by atoms with E-state index in [1.807, 2.05) is 0 Å². The van der Waals surface area contributed by atoms with E-state index in [1.165, 1.54) is 257 Å². The Morgan fingerprint density at radius 2 is 0.507 bits per heavy atom. The van der Waals surface area contributed by atoms with Gasteiger partial charge in [0.15, 0.2) is 0 Å². The maximum absolute atomic E-state index is 10.8. The van der Waals surface area contributed by atoms with Crippen LogP contribution in [0.2, 0.25) is 0 Å². The molecule has 2 unspecified atom stereocenters. The summed E-state index contributed by atoms with van der Waals surface area (Å²) in [4.78, 5) is 0. The molecule has 0 aliphatic rings. The molecule has 0 rings (SSSR count). The van der Waals surface area contributed by atoms with Crippen molar-refractivity contribution in [3.63, 3.8) is 0 Å². The van der Waals surface area contributed by atoms with E-state index in [2.05, 4.69) is 60.4 Å². The van der Waals surface area contributed by atoms with Crippen LogP contribution >= 0.6 is 0 Å². The monoisotopic (exact) mass is 1040 g/mol. The van der Waals surface area contributed by atoms with Crippen molar-refractivity contribution in [3.05, 3.63) is 24.3 Å². The molecule has 0 amide bonds. The summed E-state index contributed by atoms with van der Waals surface area (Å²) in [7, 11) is -9.22. The zero-order valence-corrected chi connectivity index (χ0v) is 50.0. The van der Waals surface area contributed by atoms with Gasteiger partial charge >= 0.3 is 37.7 Å². The van der Waals surface area contributed by atoms with Crippen LogP contribution in [0.15, 0.2) is 24.3 Å². The fourth-order valence-electron chi connectivity index (χ4n) is 9.03. The largest absolute Gasteiger partial charge is 2.00 e. The minimum Gasteiger partial charge on any atom is -0.726 e. The van der Waals surface area contributed by atoms with Crippen molar-refractivity contribution in [2.75, 3.05) is 13.2 Å². The number of hydrogen-bond acceptors (Lipinski definition) is 8. The van der Waals surface area contributed by atoms with Crippen LogP contribution in [0.25, 0.3) is 0 Å². The third-order valence-electron chi connectivity index (χ3n) is 13.5. The Balaban J connectivity index is -0.00000124. The molecular formula is C58H114CaO8S2. The Morgan fingerprint density at radius 3 is 0.710 bits per heavy atom. The summed E-state index contributed by atoms with van der Waals surface area (Å²) in [5.41, 5.74) is 0. The van der Waals surface area contributed by atoms with Gasteiger partial charge in [-0.3, -0.25) is 8.37 Å². The van der Waals surface area contributed by atoms with Gasteiger partial charge in [-0.25, -0.2) is 16.8 Å². The molecule has 0 saturated carbocycles. The summed E-state index contributed by atoms with van der Waals surface area (Å²) in [5.74, 6) is 0.0385. The molecule has 0 aromatic rings. The molecule has 0 spiro atoms. The van der Waals surface area contributed by atoms with Crippen LogP contribution in [0.1, 0.15) is 323 Å². The third kappa shape index (κ3) is 68.5. The number of rotatable bonds is 54. The molecule has 0 heterocycles. The van der Waals surface area contributed by atoms with Gasteiger partial charge < -0.3 is 9.11 Å². The molecule has 0 fully saturated rings. The van der Waals surface area contributed by atoms with Crippen LogP contribution in [0.5, 0.6) is 0 Å². The van der Waals surface area contributed by atoms with E-state index < -0.39 is 20.8 Å². The van der Waals surface area contributed by atoms with E-state index in [4.69, 9.17) is 0 Å². The van der Waals surface area contributed by atoms with Crippen molar-refractivity contribution in [1.29, 1.82) is 0 Å². The summed E-state index contributed by atoms with van der Waals surface area (Å²) in [6.45, 7) is 8.97. The SMILES string of the molecule is CCCCCCCCCCCCCCC/C=C/C(CCCCCCCCCC)COS(=O)(=O)[O-].CCCCCCCCCCCCCCC/C=C/C(CCCCCCCCCC)COS(=O)(=O)[O-].[Ca+2]. The summed E-state index contributed by atoms with van der Waals surface area (Å²) < 4.78 is 74.2. The smallest absolute Gasteiger partial charge is 0.726 e. The van der Waals surface area contributed by atoms with Crippen molar-refractivity contribution in [3.8, 4) is 0 Å². The minimum absolute atomic E-state index is 0. The number of allylic oxidation sites excluding steroid dienone is 2. The summed E-state index contributed by atoms with van der Waals surface area (Å²) in [5, 5.41) is 0. The fraction of sp³-hybridized carbons (Fsp3) is 0.931. The first-order valence-corrected chi connectivity index (χ1v) is 32.2. The molecule has 408 valence electrons. The van der Waals surface area contributed by atoms with Gasteiger partial charge in [0.25, 0.3) is 0 Å². The fourth-order valence-corrected chi connectivity index (χ4v) is 9.71. The van der Waals surface area contributed by atoms with Gasteiger partial charge in [0.1, 0.15) is 0 Å².